The minimum Gasteiger partial charge on any atom is -0.411 e. The van der Waals surface area contributed by atoms with Crippen LogP contribution in [0.4, 0.5) is 0 Å². The molecule has 3 heteroatoms. The maximum absolute atomic E-state index is 8.20. The summed E-state index contributed by atoms with van der Waals surface area (Å²) >= 11 is 5.55. The summed E-state index contributed by atoms with van der Waals surface area (Å²) in [6, 6.07) is 0. The van der Waals surface area contributed by atoms with Crippen LogP contribution < -0.4 is 0 Å². The molecule has 0 spiro atoms. The second-order valence-electron chi connectivity index (χ2n) is 1.64. The van der Waals surface area contributed by atoms with Crippen LogP contribution in [0.3, 0.4) is 0 Å². The van der Waals surface area contributed by atoms with E-state index in [0.717, 1.165) is 12.8 Å². The number of rotatable bonds is 0. The normalized spacial score (nSPS) is 24.1. The lowest BCUT2D eigenvalue weighted by Gasteiger charge is -1.87. The third kappa shape index (κ3) is 0.842. The van der Waals surface area contributed by atoms with E-state index in [1.54, 1.807) is 0 Å². The van der Waals surface area contributed by atoms with Crippen molar-refractivity contribution in [3.05, 3.63) is 11.1 Å². The van der Waals surface area contributed by atoms with E-state index < -0.39 is 0 Å². The Labute approximate surface area is 52.5 Å². The molecule has 1 aliphatic carbocycles. The molecule has 0 aromatic heterocycles. The standard InChI is InChI=1S/C5H6ClNO/c6-4-2-1-3-5(4)7-8/h2,8H,1,3H2. The van der Waals surface area contributed by atoms with E-state index in [9.17, 15) is 0 Å². The van der Waals surface area contributed by atoms with Crippen LogP contribution in [0.1, 0.15) is 12.8 Å². The van der Waals surface area contributed by atoms with Crippen molar-refractivity contribution in [1.29, 1.82) is 0 Å². The molecule has 0 radical (unpaired) electrons. The number of halogens is 1. The van der Waals surface area contributed by atoms with Gasteiger partial charge in [-0.25, -0.2) is 0 Å². The van der Waals surface area contributed by atoms with Gasteiger partial charge >= 0.3 is 0 Å². The first-order chi connectivity index (χ1) is 3.84. The first-order valence-corrected chi connectivity index (χ1v) is 2.79. The monoisotopic (exact) mass is 131 g/mol. The molecule has 8 heavy (non-hydrogen) atoms. The zero-order valence-corrected chi connectivity index (χ0v) is 5.02. The Balaban J connectivity index is 2.74. The van der Waals surface area contributed by atoms with Crippen LogP contribution >= 0.6 is 11.6 Å². The maximum Gasteiger partial charge on any atom is 0.0981 e. The molecule has 0 aromatic carbocycles. The third-order valence-electron chi connectivity index (χ3n) is 1.10. The van der Waals surface area contributed by atoms with E-state index in [1.165, 1.54) is 0 Å². The van der Waals surface area contributed by atoms with Crippen molar-refractivity contribution in [3.63, 3.8) is 0 Å². The molecule has 1 N–H and O–H groups in total. The topological polar surface area (TPSA) is 32.6 Å². The molecule has 0 saturated heterocycles. The van der Waals surface area contributed by atoms with Gasteiger partial charge in [-0.3, -0.25) is 0 Å². The highest BCUT2D eigenvalue weighted by molar-refractivity contribution is 6.44. The van der Waals surface area contributed by atoms with Crippen LogP contribution in [0.5, 0.6) is 0 Å². The molecular weight excluding hydrogens is 126 g/mol. The fourth-order valence-electron chi connectivity index (χ4n) is 0.671. The van der Waals surface area contributed by atoms with Gasteiger partial charge in [0.15, 0.2) is 0 Å². The number of hydrogen-bond acceptors (Lipinski definition) is 2. The molecule has 0 amide bonds. The highest BCUT2D eigenvalue weighted by atomic mass is 35.5. The molecule has 0 aromatic rings. The molecule has 1 aliphatic rings. The van der Waals surface area contributed by atoms with Gasteiger partial charge in [-0.2, -0.15) is 0 Å². The van der Waals surface area contributed by atoms with Gasteiger partial charge in [0.05, 0.1) is 10.7 Å². The summed E-state index contributed by atoms with van der Waals surface area (Å²) in [5.74, 6) is 0. The minimum atomic E-state index is 0.590. The minimum absolute atomic E-state index is 0.590. The second-order valence-corrected chi connectivity index (χ2v) is 2.04. The van der Waals surface area contributed by atoms with E-state index in [1.807, 2.05) is 6.08 Å². The second kappa shape index (κ2) is 2.18. The van der Waals surface area contributed by atoms with Crippen molar-refractivity contribution < 1.29 is 5.21 Å². The summed E-state index contributed by atoms with van der Waals surface area (Å²) < 4.78 is 0. The van der Waals surface area contributed by atoms with Gasteiger partial charge in [0.25, 0.3) is 0 Å². The van der Waals surface area contributed by atoms with Gasteiger partial charge in [0.1, 0.15) is 0 Å². The average Bonchev–Trinajstić information content (AvgIpc) is 2.14. The Bertz CT molecular complexity index is 151. The molecular formula is C5H6ClNO. The van der Waals surface area contributed by atoms with Crippen molar-refractivity contribution in [2.45, 2.75) is 12.8 Å². The highest BCUT2D eigenvalue weighted by Gasteiger charge is 2.09. The lowest BCUT2D eigenvalue weighted by Crippen LogP contribution is -1.89. The highest BCUT2D eigenvalue weighted by Crippen LogP contribution is 2.17. The first kappa shape index (κ1) is 5.63. The number of nitrogens with zero attached hydrogens (tertiary/aromatic N) is 1. The van der Waals surface area contributed by atoms with Crippen LogP contribution in [0.2, 0.25) is 0 Å². The summed E-state index contributed by atoms with van der Waals surface area (Å²) in [6.45, 7) is 0. The number of hydrogen-bond donors (Lipinski definition) is 1. The first-order valence-electron chi connectivity index (χ1n) is 2.41. The molecule has 0 fully saturated rings. The van der Waals surface area contributed by atoms with Crippen LogP contribution in [0, 0.1) is 0 Å². The molecule has 0 atom stereocenters. The van der Waals surface area contributed by atoms with Crippen molar-refractivity contribution >= 4 is 17.3 Å². The summed E-state index contributed by atoms with van der Waals surface area (Å²) in [6.07, 6.45) is 3.52. The van der Waals surface area contributed by atoms with Gasteiger partial charge in [-0.15, -0.1) is 0 Å². The molecule has 44 valence electrons. The SMILES string of the molecule is ON=C1CCC=C1Cl. The van der Waals surface area contributed by atoms with Crippen LogP contribution in [-0.2, 0) is 0 Å². The predicted octanol–water partition coefficient (Wildman–Crippen LogP) is 1.73. The van der Waals surface area contributed by atoms with E-state index in [0.29, 0.717) is 10.7 Å². The molecule has 0 heterocycles. The van der Waals surface area contributed by atoms with E-state index in [4.69, 9.17) is 16.8 Å². The predicted molar refractivity (Wildman–Crippen MR) is 32.4 cm³/mol. The van der Waals surface area contributed by atoms with Crippen molar-refractivity contribution in [2.75, 3.05) is 0 Å². The molecule has 0 unspecified atom stereocenters. The van der Waals surface area contributed by atoms with Gasteiger partial charge in [-0.1, -0.05) is 22.8 Å². The zero-order valence-electron chi connectivity index (χ0n) is 4.26. The van der Waals surface area contributed by atoms with Gasteiger partial charge in [0.2, 0.25) is 0 Å². The third-order valence-corrected chi connectivity index (χ3v) is 1.47. The Hall–Kier alpha value is -0.500. The lowest BCUT2D eigenvalue weighted by atomic mass is 10.3. The number of allylic oxidation sites excluding steroid dienone is 2. The average molecular weight is 132 g/mol. The Morgan fingerprint density at radius 3 is 2.75 bits per heavy atom. The fraction of sp³-hybridized carbons (Fsp3) is 0.400. The summed E-state index contributed by atoms with van der Waals surface area (Å²) in [4.78, 5) is 0. The van der Waals surface area contributed by atoms with Gasteiger partial charge in [-0.05, 0) is 12.8 Å². The van der Waals surface area contributed by atoms with Crippen molar-refractivity contribution in [3.8, 4) is 0 Å². The number of oxime groups is 1. The fourth-order valence-corrected chi connectivity index (χ4v) is 0.912. The summed E-state index contributed by atoms with van der Waals surface area (Å²) in [5, 5.41) is 11.8. The smallest absolute Gasteiger partial charge is 0.0981 e. The molecule has 0 aliphatic heterocycles. The lowest BCUT2D eigenvalue weighted by molar-refractivity contribution is 0.318. The zero-order chi connectivity index (χ0) is 5.98. The Morgan fingerprint density at radius 1 is 1.75 bits per heavy atom. The van der Waals surface area contributed by atoms with E-state index in [2.05, 4.69) is 5.16 Å². The largest absolute Gasteiger partial charge is 0.411 e. The Kier molecular flexibility index (Phi) is 1.53. The summed E-state index contributed by atoms with van der Waals surface area (Å²) in [7, 11) is 0. The summed E-state index contributed by atoms with van der Waals surface area (Å²) in [5.41, 5.74) is 0.603. The van der Waals surface area contributed by atoms with Crippen LogP contribution in [0.15, 0.2) is 16.3 Å². The molecule has 2 nitrogen and oxygen atoms in total. The van der Waals surface area contributed by atoms with Crippen LogP contribution in [0.25, 0.3) is 0 Å². The molecule has 1 rings (SSSR count). The van der Waals surface area contributed by atoms with Gasteiger partial charge in [0, 0.05) is 0 Å². The maximum atomic E-state index is 8.20. The Morgan fingerprint density at radius 2 is 2.50 bits per heavy atom. The van der Waals surface area contributed by atoms with Gasteiger partial charge < -0.3 is 5.21 Å². The van der Waals surface area contributed by atoms with E-state index in [-0.39, 0.29) is 0 Å². The van der Waals surface area contributed by atoms with Crippen molar-refractivity contribution in [1.82, 2.24) is 0 Å². The van der Waals surface area contributed by atoms with Crippen molar-refractivity contribution in [2.24, 2.45) is 5.16 Å². The molecule has 0 bridgehead atoms. The quantitative estimate of drug-likeness (QED) is 0.394. The van der Waals surface area contributed by atoms with Crippen LogP contribution in [-0.4, -0.2) is 10.9 Å². The molecule has 0 saturated carbocycles. The van der Waals surface area contributed by atoms with E-state index >= 15 is 0 Å².